The second-order valence-corrected chi connectivity index (χ2v) is 11.5. The van der Waals surface area contributed by atoms with Crippen molar-refractivity contribution in [3.05, 3.63) is 107 Å². The molecule has 0 saturated carbocycles. The number of nitrogens with one attached hydrogen (secondary N) is 2. The van der Waals surface area contributed by atoms with E-state index in [1.54, 1.807) is 18.2 Å². The van der Waals surface area contributed by atoms with Gasteiger partial charge in [0.05, 0.1) is 29.4 Å². The summed E-state index contributed by atoms with van der Waals surface area (Å²) in [7, 11) is -3.22. The summed E-state index contributed by atoms with van der Waals surface area (Å²) in [6.45, 7) is 2.01. The number of methoxy groups -OCH3 is 1. The number of nitrogens with zero attached hydrogens (tertiary/aromatic N) is 1. The van der Waals surface area contributed by atoms with Crippen LogP contribution >= 0.6 is 11.3 Å². The van der Waals surface area contributed by atoms with E-state index in [1.807, 2.05) is 67.6 Å². The third-order valence-corrected chi connectivity index (χ3v) is 8.15. The van der Waals surface area contributed by atoms with Crippen LogP contribution in [-0.2, 0) is 43.9 Å². The van der Waals surface area contributed by atoms with E-state index in [-0.39, 0.29) is 18.5 Å². The van der Waals surface area contributed by atoms with Gasteiger partial charge in [0.15, 0.2) is 0 Å². The van der Waals surface area contributed by atoms with Gasteiger partial charge in [-0.15, -0.1) is 11.3 Å². The van der Waals surface area contributed by atoms with Crippen LogP contribution in [0.25, 0.3) is 10.4 Å². The molecule has 0 aliphatic carbocycles. The highest BCUT2D eigenvalue weighted by Crippen LogP contribution is 2.35. The van der Waals surface area contributed by atoms with Gasteiger partial charge in [-0.05, 0) is 48.1 Å². The Balaban J connectivity index is 1.70. The number of hydrogen-bond donors (Lipinski definition) is 3. The number of amides is 1. The highest BCUT2D eigenvalue weighted by molar-refractivity contribution is 7.87. The fraction of sp³-hybridized carbons (Fsp3) is 0.233. The number of hydrogen-bond acceptors (Lipinski definition) is 7. The van der Waals surface area contributed by atoms with Crippen molar-refractivity contribution < 1.29 is 27.3 Å². The predicted molar refractivity (Wildman–Crippen MR) is 159 cm³/mol. The fourth-order valence-electron chi connectivity index (χ4n) is 4.47. The van der Waals surface area contributed by atoms with Crippen LogP contribution in [-0.4, -0.2) is 36.9 Å². The minimum absolute atomic E-state index is 0.160. The van der Waals surface area contributed by atoms with Gasteiger partial charge in [-0.25, -0.2) is 4.98 Å². The van der Waals surface area contributed by atoms with Crippen LogP contribution in [0.3, 0.4) is 0 Å². The summed E-state index contributed by atoms with van der Waals surface area (Å²) in [5.41, 5.74) is 3.55. The van der Waals surface area contributed by atoms with E-state index in [4.69, 9.17) is 9.72 Å². The molecule has 2 atom stereocenters. The first kappa shape index (κ1) is 29.9. The van der Waals surface area contributed by atoms with Crippen molar-refractivity contribution >= 4 is 39.2 Å². The van der Waals surface area contributed by atoms with Crippen LogP contribution in [0.4, 0.5) is 5.69 Å². The zero-order valence-electron chi connectivity index (χ0n) is 22.6. The first-order valence-electron chi connectivity index (χ1n) is 13.0. The molecule has 3 N–H and O–H groups in total. The molecule has 3 aromatic carbocycles. The molecule has 2 unspecified atom stereocenters. The molecular weight excluding hydrogens is 562 g/mol. The van der Waals surface area contributed by atoms with Gasteiger partial charge < -0.3 is 10.1 Å². The standard InChI is InChI=1S/C30H31N3O6S2/c1-3-25-27(22-14-8-5-9-15-22)40-29(32-25)26(19-21-13-10-16-23(17-21)33-41(36,37)38)31-28(34)24(30(35)39-2)18-20-11-6-4-7-12-20/h4-17,24,26,33H,3,18-19H2,1-2H3,(H,31,34)(H,36,37,38). The number of rotatable bonds is 12. The van der Waals surface area contributed by atoms with Gasteiger partial charge in [0.2, 0.25) is 5.91 Å². The average molecular weight is 594 g/mol. The van der Waals surface area contributed by atoms with Gasteiger partial charge in [-0.1, -0.05) is 79.7 Å². The first-order valence-corrected chi connectivity index (χ1v) is 15.2. The molecule has 0 fully saturated rings. The van der Waals surface area contributed by atoms with Crippen molar-refractivity contribution in [1.82, 2.24) is 10.3 Å². The molecular formula is C30H31N3O6S2. The lowest BCUT2D eigenvalue weighted by Crippen LogP contribution is -2.40. The van der Waals surface area contributed by atoms with Gasteiger partial charge in [0.1, 0.15) is 10.9 Å². The van der Waals surface area contributed by atoms with Crippen molar-refractivity contribution in [2.45, 2.75) is 32.2 Å². The van der Waals surface area contributed by atoms with Gasteiger partial charge in [0.25, 0.3) is 0 Å². The van der Waals surface area contributed by atoms with Crippen LogP contribution in [0.5, 0.6) is 0 Å². The average Bonchev–Trinajstić information content (AvgIpc) is 3.40. The molecule has 0 spiro atoms. The van der Waals surface area contributed by atoms with E-state index in [9.17, 15) is 22.6 Å². The highest BCUT2D eigenvalue weighted by Gasteiger charge is 2.31. The summed E-state index contributed by atoms with van der Waals surface area (Å²) in [4.78, 5) is 32.2. The van der Waals surface area contributed by atoms with Gasteiger partial charge in [-0.3, -0.25) is 18.9 Å². The number of carbonyl (C=O) groups is 2. The molecule has 0 aliphatic heterocycles. The first-order chi connectivity index (χ1) is 19.7. The Bertz CT molecular complexity index is 1590. The van der Waals surface area contributed by atoms with Gasteiger partial charge >= 0.3 is 16.3 Å². The van der Waals surface area contributed by atoms with Gasteiger partial charge in [0, 0.05) is 0 Å². The minimum atomic E-state index is -4.46. The summed E-state index contributed by atoms with van der Waals surface area (Å²) in [5, 5.41) is 3.67. The SMILES string of the molecule is CCc1nc(C(Cc2cccc(NS(=O)(=O)O)c2)NC(=O)C(Cc2ccccc2)C(=O)OC)sc1-c1ccccc1. The topological polar surface area (TPSA) is 135 Å². The lowest BCUT2D eigenvalue weighted by atomic mass is 9.97. The Morgan fingerprint density at radius 1 is 0.951 bits per heavy atom. The smallest absolute Gasteiger partial charge is 0.357 e. The summed E-state index contributed by atoms with van der Waals surface area (Å²) in [6.07, 6.45) is 1.08. The molecule has 0 aliphatic rings. The Morgan fingerprint density at radius 3 is 2.24 bits per heavy atom. The predicted octanol–water partition coefficient (Wildman–Crippen LogP) is 5.02. The summed E-state index contributed by atoms with van der Waals surface area (Å²) in [6, 6.07) is 24.9. The molecule has 11 heteroatoms. The Labute approximate surface area is 243 Å². The summed E-state index contributed by atoms with van der Waals surface area (Å²) in [5.74, 6) is -2.24. The molecule has 9 nitrogen and oxygen atoms in total. The Morgan fingerprint density at radius 2 is 1.61 bits per heavy atom. The number of benzene rings is 3. The van der Waals surface area contributed by atoms with E-state index in [0.29, 0.717) is 17.0 Å². The van der Waals surface area contributed by atoms with Crippen LogP contribution < -0.4 is 10.0 Å². The van der Waals surface area contributed by atoms with E-state index in [0.717, 1.165) is 21.7 Å². The maximum Gasteiger partial charge on any atom is 0.357 e. The lowest BCUT2D eigenvalue weighted by molar-refractivity contribution is -0.150. The van der Waals surface area contributed by atoms with Crippen molar-refractivity contribution in [2.24, 2.45) is 5.92 Å². The lowest BCUT2D eigenvalue weighted by Gasteiger charge is -2.21. The van der Waals surface area contributed by atoms with Crippen LogP contribution in [0, 0.1) is 5.92 Å². The third-order valence-electron chi connectivity index (χ3n) is 6.40. The number of thiazole rings is 1. The van der Waals surface area contributed by atoms with Crippen molar-refractivity contribution in [2.75, 3.05) is 11.8 Å². The maximum atomic E-state index is 13.6. The number of anilines is 1. The molecule has 1 amide bonds. The van der Waals surface area contributed by atoms with Crippen molar-refractivity contribution in [3.8, 4) is 10.4 Å². The zero-order valence-corrected chi connectivity index (χ0v) is 24.2. The Hall–Kier alpha value is -4.06. The molecule has 0 radical (unpaired) electrons. The monoisotopic (exact) mass is 593 g/mol. The number of ether oxygens (including phenoxy) is 1. The van der Waals surface area contributed by atoms with E-state index in [2.05, 4.69) is 10.0 Å². The molecule has 4 rings (SSSR count). The Kier molecular flexibility index (Phi) is 9.87. The number of aromatic nitrogens is 1. The second kappa shape index (κ2) is 13.5. The molecule has 214 valence electrons. The quantitative estimate of drug-likeness (QED) is 0.119. The number of aryl methyl sites for hydroxylation is 1. The largest absolute Gasteiger partial charge is 0.468 e. The molecule has 0 saturated heterocycles. The fourth-order valence-corrected chi connectivity index (χ4v) is 6.10. The third kappa shape index (κ3) is 8.23. The van der Waals surface area contributed by atoms with Crippen LogP contribution in [0.1, 0.15) is 34.8 Å². The zero-order chi connectivity index (χ0) is 29.4. The van der Waals surface area contributed by atoms with Gasteiger partial charge in [-0.2, -0.15) is 8.42 Å². The van der Waals surface area contributed by atoms with Crippen LogP contribution in [0.2, 0.25) is 0 Å². The normalized spacial score (nSPS) is 12.8. The van der Waals surface area contributed by atoms with Crippen LogP contribution in [0.15, 0.2) is 84.9 Å². The second-order valence-electron chi connectivity index (χ2n) is 9.36. The minimum Gasteiger partial charge on any atom is -0.468 e. The molecule has 41 heavy (non-hydrogen) atoms. The van der Waals surface area contributed by atoms with Crippen molar-refractivity contribution in [1.29, 1.82) is 0 Å². The number of esters is 1. The van der Waals surface area contributed by atoms with Crippen molar-refractivity contribution in [3.63, 3.8) is 0 Å². The summed E-state index contributed by atoms with van der Waals surface area (Å²) < 4.78 is 39.0. The molecule has 4 aromatic rings. The molecule has 0 bridgehead atoms. The van der Waals surface area contributed by atoms with E-state index >= 15 is 0 Å². The molecule has 1 heterocycles. The van der Waals surface area contributed by atoms with E-state index < -0.39 is 34.1 Å². The van der Waals surface area contributed by atoms with E-state index in [1.165, 1.54) is 24.5 Å². The summed E-state index contributed by atoms with van der Waals surface area (Å²) >= 11 is 1.46. The maximum absolute atomic E-state index is 13.6. The number of carbonyl (C=O) groups excluding carboxylic acids is 2. The highest BCUT2D eigenvalue weighted by atomic mass is 32.2. The molecule has 1 aromatic heterocycles.